The Morgan fingerprint density at radius 1 is 1.40 bits per heavy atom. The third-order valence-electron chi connectivity index (χ3n) is 3.45. The van der Waals surface area contributed by atoms with Gasteiger partial charge >= 0.3 is 0 Å². The quantitative estimate of drug-likeness (QED) is 0.717. The summed E-state index contributed by atoms with van der Waals surface area (Å²) in [6.45, 7) is 7.80. The van der Waals surface area contributed by atoms with Crippen LogP contribution in [0.2, 0.25) is 0 Å². The summed E-state index contributed by atoms with van der Waals surface area (Å²) in [5.41, 5.74) is 6.52. The van der Waals surface area contributed by atoms with Crippen LogP contribution in [0.1, 0.15) is 33.1 Å². The number of nitrogens with zero attached hydrogens (tertiary/aromatic N) is 3. The Balaban J connectivity index is 1.85. The molecule has 112 valence electrons. The minimum absolute atomic E-state index is 0.471. The van der Waals surface area contributed by atoms with Gasteiger partial charge in [0.05, 0.1) is 6.61 Å². The largest absolute Gasteiger partial charge is 0.476 e. The molecular formula is C14H25N5O. The minimum atomic E-state index is 0.471. The molecule has 0 saturated heterocycles. The summed E-state index contributed by atoms with van der Waals surface area (Å²) >= 11 is 0. The first-order valence-electron chi connectivity index (χ1n) is 7.47. The van der Waals surface area contributed by atoms with Gasteiger partial charge in [-0.05, 0) is 25.8 Å². The SMILES string of the molecule is CCCOc1ncnc(NCCN(CC)C2CC2)c1N. The molecule has 1 aliphatic rings. The smallest absolute Gasteiger partial charge is 0.242 e. The molecule has 0 radical (unpaired) electrons. The number of hydrogen-bond donors (Lipinski definition) is 2. The number of anilines is 2. The van der Waals surface area contributed by atoms with E-state index in [1.54, 1.807) is 0 Å². The van der Waals surface area contributed by atoms with E-state index in [9.17, 15) is 0 Å². The van der Waals surface area contributed by atoms with Crippen LogP contribution in [0.4, 0.5) is 11.5 Å². The van der Waals surface area contributed by atoms with Gasteiger partial charge < -0.3 is 15.8 Å². The van der Waals surface area contributed by atoms with E-state index in [1.165, 1.54) is 19.2 Å². The summed E-state index contributed by atoms with van der Waals surface area (Å²) in [5.74, 6) is 1.14. The second kappa shape index (κ2) is 7.28. The van der Waals surface area contributed by atoms with E-state index >= 15 is 0 Å². The number of nitrogens with two attached hydrogens (primary N) is 1. The maximum absolute atomic E-state index is 6.02. The van der Waals surface area contributed by atoms with E-state index in [0.717, 1.165) is 32.1 Å². The second-order valence-electron chi connectivity index (χ2n) is 5.08. The molecule has 1 aliphatic carbocycles. The van der Waals surface area contributed by atoms with Crippen LogP contribution in [0, 0.1) is 0 Å². The van der Waals surface area contributed by atoms with Crippen molar-refractivity contribution in [3.8, 4) is 5.88 Å². The second-order valence-corrected chi connectivity index (χ2v) is 5.08. The third-order valence-corrected chi connectivity index (χ3v) is 3.45. The van der Waals surface area contributed by atoms with Crippen LogP contribution in [-0.2, 0) is 0 Å². The highest BCUT2D eigenvalue weighted by molar-refractivity contribution is 5.66. The average molecular weight is 279 g/mol. The Morgan fingerprint density at radius 2 is 2.20 bits per heavy atom. The van der Waals surface area contributed by atoms with Crippen molar-refractivity contribution < 1.29 is 4.74 Å². The molecule has 1 aromatic rings. The Morgan fingerprint density at radius 3 is 2.85 bits per heavy atom. The molecule has 6 heteroatoms. The number of nitrogens with one attached hydrogen (secondary N) is 1. The lowest BCUT2D eigenvalue weighted by atomic mass is 10.4. The average Bonchev–Trinajstić information content (AvgIpc) is 3.28. The fourth-order valence-corrected chi connectivity index (χ4v) is 2.19. The Kier molecular flexibility index (Phi) is 5.40. The first-order valence-corrected chi connectivity index (χ1v) is 7.47. The molecule has 0 bridgehead atoms. The molecule has 1 aromatic heterocycles. The van der Waals surface area contributed by atoms with Gasteiger partial charge in [0.15, 0.2) is 5.82 Å². The first-order chi connectivity index (χ1) is 9.76. The van der Waals surface area contributed by atoms with Crippen LogP contribution in [-0.4, -0.2) is 47.2 Å². The minimum Gasteiger partial charge on any atom is -0.476 e. The fraction of sp³-hybridized carbons (Fsp3) is 0.714. The van der Waals surface area contributed by atoms with E-state index in [0.29, 0.717) is 24.0 Å². The van der Waals surface area contributed by atoms with Gasteiger partial charge in [0.25, 0.3) is 0 Å². The molecule has 0 aromatic carbocycles. The zero-order valence-corrected chi connectivity index (χ0v) is 12.4. The maximum atomic E-state index is 6.02. The van der Waals surface area contributed by atoms with Crippen molar-refractivity contribution >= 4 is 11.5 Å². The molecule has 3 N–H and O–H groups in total. The van der Waals surface area contributed by atoms with E-state index in [-0.39, 0.29) is 0 Å². The van der Waals surface area contributed by atoms with Crippen molar-refractivity contribution in [1.29, 1.82) is 0 Å². The highest BCUT2D eigenvalue weighted by Gasteiger charge is 2.27. The van der Waals surface area contributed by atoms with Crippen molar-refractivity contribution in [2.75, 3.05) is 37.3 Å². The summed E-state index contributed by atoms with van der Waals surface area (Å²) in [7, 11) is 0. The van der Waals surface area contributed by atoms with Gasteiger partial charge in [0, 0.05) is 19.1 Å². The topological polar surface area (TPSA) is 76.3 Å². The fourth-order valence-electron chi connectivity index (χ4n) is 2.19. The van der Waals surface area contributed by atoms with Gasteiger partial charge in [-0.25, -0.2) is 4.98 Å². The molecule has 0 spiro atoms. The highest BCUT2D eigenvalue weighted by Crippen LogP contribution is 2.27. The molecule has 2 rings (SSSR count). The van der Waals surface area contributed by atoms with Crippen LogP contribution in [0.5, 0.6) is 5.88 Å². The number of ether oxygens (including phenoxy) is 1. The molecule has 1 heterocycles. The van der Waals surface area contributed by atoms with E-state index in [2.05, 4.69) is 27.1 Å². The van der Waals surface area contributed by atoms with Crippen molar-refractivity contribution in [2.24, 2.45) is 0 Å². The summed E-state index contributed by atoms with van der Waals surface area (Å²) in [6.07, 6.45) is 5.08. The Labute approximate surface area is 120 Å². The Hall–Kier alpha value is -1.56. The zero-order chi connectivity index (χ0) is 14.4. The number of aromatic nitrogens is 2. The van der Waals surface area contributed by atoms with Gasteiger partial charge in [-0.1, -0.05) is 13.8 Å². The lowest BCUT2D eigenvalue weighted by Crippen LogP contribution is -2.31. The number of rotatable bonds is 9. The lowest BCUT2D eigenvalue weighted by Gasteiger charge is -2.20. The standard InChI is InChI=1S/C14H25N5O/c1-3-9-20-14-12(15)13(17-10-18-14)16-7-8-19(4-2)11-5-6-11/h10-11H,3-9,15H2,1-2H3,(H,16,17,18). The summed E-state index contributed by atoms with van der Waals surface area (Å²) in [5, 5.41) is 3.28. The maximum Gasteiger partial charge on any atom is 0.242 e. The third kappa shape index (κ3) is 3.96. The van der Waals surface area contributed by atoms with Gasteiger partial charge in [-0.2, -0.15) is 4.98 Å². The van der Waals surface area contributed by atoms with Crippen LogP contribution in [0.25, 0.3) is 0 Å². The van der Waals surface area contributed by atoms with Gasteiger partial charge in [-0.15, -0.1) is 0 Å². The van der Waals surface area contributed by atoms with E-state index in [4.69, 9.17) is 10.5 Å². The lowest BCUT2D eigenvalue weighted by molar-refractivity contribution is 0.288. The van der Waals surface area contributed by atoms with Crippen LogP contribution in [0.15, 0.2) is 6.33 Å². The van der Waals surface area contributed by atoms with Crippen molar-refractivity contribution in [1.82, 2.24) is 14.9 Å². The molecule has 6 nitrogen and oxygen atoms in total. The van der Waals surface area contributed by atoms with Crippen LogP contribution >= 0.6 is 0 Å². The first kappa shape index (κ1) is 14.8. The monoisotopic (exact) mass is 279 g/mol. The highest BCUT2D eigenvalue weighted by atomic mass is 16.5. The molecule has 0 amide bonds. The van der Waals surface area contributed by atoms with E-state index < -0.39 is 0 Å². The zero-order valence-electron chi connectivity index (χ0n) is 12.4. The van der Waals surface area contributed by atoms with Crippen molar-refractivity contribution in [2.45, 2.75) is 39.2 Å². The normalized spacial score (nSPS) is 14.6. The van der Waals surface area contributed by atoms with E-state index in [1.807, 2.05) is 6.92 Å². The molecule has 0 atom stereocenters. The Bertz CT molecular complexity index is 422. The van der Waals surface area contributed by atoms with Crippen LogP contribution < -0.4 is 15.8 Å². The predicted octanol–water partition coefficient (Wildman–Crippen LogP) is 1.74. The molecule has 1 saturated carbocycles. The summed E-state index contributed by atoms with van der Waals surface area (Å²) in [6, 6.07) is 0.785. The molecule has 0 unspecified atom stereocenters. The van der Waals surface area contributed by atoms with Gasteiger partial charge in [-0.3, -0.25) is 4.90 Å². The molecular weight excluding hydrogens is 254 g/mol. The van der Waals surface area contributed by atoms with Crippen molar-refractivity contribution in [3.63, 3.8) is 0 Å². The molecule has 0 aliphatic heterocycles. The number of nitrogen functional groups attached to an aromatic ring is 1. The van der Waals surface area contributed by atoms with Crippen LogP contribution in [0.3, 0.4) is 0 Å². The van der Waals surface area contributed by atoms with Crippen molar-refractivity contribution in [3.05, 3.63) is 6.33 Å². The number of likely N-dealkylation sites (N-methyl/N-ethyl adjacent to an activating group) is 1. The number of hydrogen-bond acceptors (Lipinski definition) is 6. The summed E-state index contributed by atoms with van der Waals surface area (Å²) in [4.78, 5) is 10.7. The summed E-state index contributed by atoms with van der Waals surface area (Å²) < 4.78 is 5.50. The predicted molar refractivity (Wildman–Crippen MR) is 81.0 cm³/mol. The molecule has 20 heavy (non-hydrogen) atoms. The molecule has 1 fully saturated rings. The van der Waals surface area contributed by atoms with Gasteiger partial charge in [0.1, 0.15) is 12.0 Å². The van der Waals surface area contributed by atoms with Gasteiger partial charge in [0.2, 0.25) is 5.88 Å².